The molecule has 0 bridgehead atoms. The van der Waals surface area contributed by atoms with Crippen molar-refractivity contribution in [2.45, 2.75) is 30.5 Å². The van der Waals surface area contributed by atoms with E-state index in [9.17, 15) is 15.3 Å². The van der Waals surface area contributed by atoms with Crippen LogP contribution in [-0.2, 0) is 14.2 Å². The van der Waals surface area contributed by atoms with Crippen molar-refractivity contribution in [1.29, 1.82) is 0 Å². The van der Waals surface area contributed by atoms with Crippen LogP contribution in [0.15, 0.2) is 46.6 Å². The molecule has 8 heteroatoms. The van der Waals surface area contributed by atoms with Gasteiger partial charge in [-0.2, -0.15) is 0 Å². The van der Waals surface area contributed by atoms with Gasteiger partial charge in [-0.1, -0.05) is 0 Å². The summed E-state index contributed by atoms with van der Waals surface area (Å²) in [5.74, 6) is -1.12. The molecule has 2 aliphatic carbocycles. The van der Waals surface area contributed by atoms with E-state index in [1.54, 1.807) is 12.2 Å². The van der Waals surface area contributed by atoms with Crippen molar-refractivity contribution >= 4 is 0 Å². The van der Waals surface area contributed by atoms with Crippen molar-refractivity contribution in [3.05, 3.63) is 46.6 Å². The van der Waals surface area contributed by atoms with Crippen LogP contribution in [-0.4, -0.2) is 72.3 Å². The predicted octanol–water partition coefficient (Wildman–Crippen LogP) is 0.259. The molecular weight excluding hydrogens is 340 g/mol. The molecule has 0 saturated carbocycles. The van der Waals surface area contributed by atoms with Crippen LogP contribution in [0.5, 0.6) is 0 Å². The number of piperidine rings is 1. The number of ether oxygens (including phenoxy) is 3. The fourth-order valence-corrected chi connectivity index (χ4v) is 3.70. The van der Waals surface area contributed by atoms with Gasteiger partial charge in [-0.15, -0.1) is 0 Å². The monoisotopic (exact) mass is 366 g/mol. The highest BCUT2D eigenvalue weighted by molar-refractivity contribution is 5.43. The maximum absolute atomic E-state index is 10.5. The molecule has 0 spiro atoms. The molecule has 1 aliphatic heterocycles. The third-order valence-electron chi connectivity index (χ3n) is 5.15. The summed E-state index contributed by atoms with van der Waals surface area (Å²) in [6.45, 7) is 1.06. The summed E-state index contributed by atoms with van der Waals surface area (Å²) < 4.78 is 15.9. The zero-order valence-electron chi connectivity index (χ0n) is 15.2. The number of fused-ring (bicyclic) bond motifs is 1. The first kappa shape index (κ1) is 18.9. The Morgan fingerprint density at radius 3 is 2.50 bits per heavy atom. The largest absolute Gasteiger partial charge is 0.503 e. The van der Waals surface area contributed by atoms with Crippen molar-refractivity contribution in [2.24, 2.45) is 5.73 Å². The number of nitrogens with two attached hydrogens (primary N) is 1. The van der Waals surface area contributed by atoms with Crippen LogP contribution in [0, 0.1) is 0 Å². The average molecular weight is 366 g/mol. The quantitative estimate of drug-likeness (QED) is 0.524. The maximum atomic E-state index is 10.5. The lowest BCUT2D eigenvalue weighted by molar-refractivity contribution is -0.215. The zero-order valence-corrected chi connectivity index (χ0v) is 15.2. The minimum atomic E-state index is -1.59. The molecule has 0 amide bonds. The van der Waals surface area contributed by atoms with Gasteiger partial charge in [0.2, 0.25) is 5.79 Å². The molecule has 5 N–H and O–H groups in total. The molecule has 3 rings (SSSR count). The second kappa shape index (κ2) is 6.71. The van der Waals surface area contributed by atoms with E-state index in [2.05, 4.69) is 0 Å². The number of hydrogen-bond donors (Lipinski definition) is 4. The van der Waals surface area contributed by atoms with Gasteiger partial charge in [-0.3, -0.25) is 5.73 Å². The van der Waals surface area contributed by atoms with E-state index in [1.807, 2.05) is 4.90 Å². The van der Waals surface area contributed by atoms with Crippen LogP contribution in [0.3, 0.4) is 0 Å². The fraction of sp³-hybridized carbons (Fsp3) is 0.556. The van der Waals surface area contributed by atoms with Gasteiger partial charge in [0.1, 0.15) is 11.8 Å². The van der Waals surface area contributed by atoms with E-state index >= 15 is 0 Å². The number of hydrogen-bond acceptors (Lipinski definition) is 8. The molecule has 0 aromatic carbocycles. The molecular formula is C18H26N2O6. The van der Waals surface area contributed by atoms with Crippen LogP contribution in [0.4, 0.5) is 0 Å². The van der Waals surface area contributed by atoms with Gasteiger partial charge in [-0.05, 0) is 29.7 Å². The Hall–Kier alpha value is -1.84. The Balaban J connectivity index is 1.92. The summed E-state index contributed by atoms with van der Waals surface area (Å²) in [7, 11) is 4.36. The smallest absolute Gasteiger partial charge is 0.218 e. The normalized spacial score (nSPS) is 31.1. The molecule has 2 unspecified atom stereocenters. The topological polar surface area (TPSA) is 118 Å². The Kier molecular flexibility index (Phi) is 4.89. The Morgan fingerprint density at radius 2 is 1.88 bits per heavy atom. The summed E-state index contributed by atoms with van der Waals surface area (Å²) in [4.78, 5) is 1.94. The van der Waals surface area contributed by atoms with Gasteiger partial charge in [0, 0.05) is 39.8 Å². The number of aliphatic hydroxyl groups is 3. The standard InChI is InChI=1S/C18H26N2O6/c1-24-14-9-17(19,23)8-13(16(14)22)20-5-4-11-6-15(21)18(25-2,26-3)7-12(11)10-20/h6-7,9,15,21-23H,4-5,8,10,19H2,1-3H3. The van der Waals surface area contributed by atoms with E-state index < -0.39 is 17.6 Å². The van der Waals surface area contributed by atoms with Crippen LogP contribution in [0.2, 0.25) is 0 Å². The zero-order chi connectivity index (χ0) is 19.1. The molecule has 26 heavy (non-hydrogen) atoms. The van der Waals surface area contributed by atoms with Crippen molar-refractivity contribution in [1.82, 2.24) is 4.90 Å². The SMILES string of the molecule is COC1=CC(N)(O)CC(N2CCC3=CC(O)C(OC)(OC)C=C3C2)=C1O. The first-order chi connectivity index (χ1) is 12.2. The van der Waals surface area contributed by atoms with E-state index in [1.165, 1.54) is 27.4 Å². The maximum Gasteiger partial charge on any atom is 0.218 e. The molecule has 1 saturated heterocycles. The molecule has 0 aromatic heterocycles. The summed E-state index contributed by atoms with van der Waals surface area (Å²) >= 11 is 0. The van der Waals surface area contributed by atoms with Gasteiger partial charge in [0.05, 0.1) is 12.8 Å². The summed E-state index contributed by atoms with van der Waals surface area (Å²) in [6.07, 6.45) is 4.65. The van der Waals surface area contributed by atoms with Gasteiger partial charge in [0.15, 0.2) is 11.5 Å². The van der Waals surface area contributed by atoms with Crippen molar-refractivity contribution < 1.29 is 29.5 Å². The van der Waals surface area contributed by atoms with E-state index in [-0.39, 0.29) is 17.9 Å². The lowest BCUT2D eigenvalue weighted by Crippen LogP contribution is -2.48. The van der Waals surface area contributed by atoms with Crippen LogP contribution in [0.1, 0.15) is 12.8 Å². The lowest BCUT2D eigenvalue weighted by atomic mass is 9.86. The van der Waals surface area contributed by atoms with Crippen LogP contribution in [0.25, 0.3) is 0 Å². The number of nitrogens with zero attached hydrogens (tertiary/aromatic N) is 1. The number of likely N-dealkylation sites (tertiary alicyclic amines) is 1. The minimum absolute atomic E-state index is 0.0313. The average Bonchev–Trinajstić information content (AvgIpc) is 2.62. The van der Waals surface area contributed by atoms with E-state index in [4.69, 9.17) is 19.9 Å². The Labute approximate surface area is 152 Å². The van der Waals surface area contributed by atoms with E-state index in [0.717, 1.165) is 11.1 Å². The van der Waals surface area contributed by atoms with Crippen molar-refractivity contribution in [2.75, 3.05) is 34.4 Å². The Morgan fingerprint density at radius 1 is 1.19 bits per heavy atom. The molecule has 8 nitrogen and oxygen atoms in total. The number of rotatable bonds is 4. The summed E-state index contributed by atoms with van der Waals surface area (Å²) in [5, 5.41) is 31.1. The van der Waals surface area contributed by atoms with Crippen molar-refractivity contribution in [3.63, 3.8) is 0 Å². The van der Waals surface area contributed by atoms with Crippen LogP contribution >= 0.6 is 0 Å². The number of methoxy groups -OCH3 is 3. The number of aliphatic hydroxyl groups excluding tert-OH is 2. The van der Waals surface area contributed by atoms with E-state index in [0.29, 0.717) is 25.2 Å². The molecule has 0 radical (unpaired) electrons. The summed E-state index contributed by atoms with van der Waals surface area (Å²) in [5.41, 5.74) is 6.73. The molecule has 3 aliphatic rings. The highest BCUT2D eigenvalue weighted by atomic mass is 16.7. The Bertz CT molecular complexity index is 702. The van der Waals surface area contributed by atoms with Gasteiger partial charge < -0.3 is 34.4 Å². The lowest BCUT2D eigenvalue weighted by Gasteiger charge is -2.42. The third kappa shape index (κ3) is 3.15. The first-order valence-electron chi connectivity index (χ1n) is 8.42. The summed E-state index contributed by atoms with van der Waals surface area (Å²) in [6, 6.07) is 0. The second-order valence-electron chi connectivity index (χ2n) is 6.78. The molecule has 0 aromatic rings. The third-order valence-corrected chi connectivity index (χ3v) is 5.15. The first-order valence-corrected chi connectivity index (χ1v) is 8.42. The fourth-order valence-electron chi connectivity index (χ4n) is 3.70. The molecule has 2 atom stereocenters. The van der Waals surface area contributed by atoms with Crippen molar-refractivity contribution in [3.8, 4) is 0 Å². The van der Waals surface area contributed by atoms with Crippen LogP contribution < -0.4 is 5.73 Å². The second-order valence-corrected chi connectivity index (χ2v) is 6.78. The molecule has 1 heterocycles. The molecule has 144 valence electrons. The van der Waals surface area contributed by atoms with Gasteiger partial charge in [-0.25, -0.2) is 0 Å². The highest BCUT2D eigenvalue weighted by Crippen LogP contribution is 2.38. The predicted molar refractivity (Wildman–Crippen MR) is 93.6 cm³/mol. The van der Waals surface area contributed by atoms with Gasteiger partial charge in [0.25, 0.3) is 0 Å². The minimum Gasteiger partial charge on any atom is -0.503 e. The van der Waals surface area contributed by atoms with Gasteiger partial charge >= 0.3 is 0 Å². The molecule has 1 fully saturated rings. The highest BCUT2D eigenvalue weighted by Gasteiger charge is 2.41.